The third-order valence-corrected chi connectivity index (χ3v) is 1.05. The third-order valence-electron chi connectivity index (χ3n) is 0.725. The highest BCUT2D eigenvalue weighted by atomic mass is 35.5. The highest BCUT2D eigenvalue weighted by Crippen LogP contribution is 1.96. The Kier molecular flexibility index (Phi) is 11.0. The van der Waals surface area contributed by atoms with E-state index in [1.807, 2.05) is 26.0 Å². The first-order chi connectivity index (χ1) is 5.95. The Hall–Kier alpha value is -0.540. The van der Waals surface area contributed by atoms with Crippen LogP contribution in [0.25, 0.3) is 0 Å². The first-order valence-electron chi connectivity index (χ1n) is 3.97. The van der Waals surface area contributed by atoms with Gasteiger partial charge in [-0.05, 0) is 28.1 Å². The molecule has 0 heterocycles. The molecule has 0 aliphatic carbocycles. The molecule has 0 aliphatic heterocycles. The van der Waals surface area contributed by atoms with Crippen LogP contribution in [0.5, 0.6) is 0 Å². The van der Waals surface area contributed by atoms with Crippen LogP contribution in [0.2, 0.25) is 0 Å². The van der Waals surface area contributed by atoms with E-state index >= 15 is 0 Å². The van der Waals surface area contributed by atoms with E-state index in [0.29, 0.717) is 12.2 Å². The Bertz CT molecular complexity index is 155. The molecule has 0 rings (SSSR count). The molecule has 0 saturated heterocycles. The minimum Gasteiger partial charge on any atom is -0.463 e. The van der Waals surface area contributed by atoms with Gasteiger partial charge in [0.05, 0.1) is 12.5 Å². The predicted molar refractivity (Wildman–Crippen MR) is 56.1 cm³/mol. The van der Waals surface area contributed by atoms with Crippen molar-refractivity contribution in [2.24, 2.45) is 0 Å². The smallest absolute Gasteiger partial charge is 0.334 e. The minimum atomic E-state index is -0.410. The van der Waals surface area contributed by atoms with Crippen LogP contribution in [0.4, 0.5) is 0 Å². The normalized spacial score (nSPS) is 8.77. The Morgan fingerprint density at radius 2 is 1.85 bits per heavy atom. The minimum absolute atomic E-state index is 0.138. The molecular weight excluding hydrogens is 190 g/mol. The van der Waals surface area contributed by atoms with Crippen molar-refractivity contribution in [3.05, 3.63) is 12.2 Å². The molecule has 0 N–H and O–H groups in total. The van der Waals surface area contributed by atoms with Crippen LogP contribution in [-0.2, 0) is 9.53 Å². The van der Waals surface area contributed by atoms with Crippen molar-refractivity contribution >= 4 is 17.6 Å². The first-order valence-corrected chi connectivity index (χ1v) is 4.50. The molecule has 0 saturated carbocycles. The van der Waals surface area contributed by atoms with E-state index in [1.165, 1.54) is 0 Å². The zero-order chi connectivity index (χ0) is 10.9. The van der Waals surface area contributed by atoms with Gasteiger partial charge in [-0.1, -0.05) is 6.58 Å². The number of nitrogens with zero attached hydrogens (tertiary/aromatic N) is 1. The average molecular weight is 208 g/mol. The fourth-order valence-electron chi connectivity index (χ4n) is 0.288. The lowest BCUT2D eigenvalue weighted by atomic mass is 10.4. The monoisotopic (exact) mass is 207 g/mol. The number of alkyl halides is 1. The lowest BCUT2D eigenvalue weighted by Gasteiger charge is -1.99. The summed E-state index contributed by atoms with van der Waals surface area (Å²) in [6.45, 7) is 5.49. The SMILES string of the molecule is C=C(CCl)C(=O)OCC.CN(C)C. The number of carbonyl (C=O) groups excluding carboxylic acids is 1. The second-order valence-electron chi connectivity index (χ2n) is 2.80. The number of hydrogen-bond donors (Lipinski definition) is 0. The lowest BCUT2D eigenvalue weighted by molar-refractivity contribution is -0.138. The summed E-state index contributed by atoms with van der Waals surface area (Å²) in [4.78, 5) is 12.6. The van der Waals surface area contributed by atoms with Crippen LogP contribution in [0.1, 0.15) is 6.92 Å². The van der Waals surface area contributed by atoms with Gasteiger partial charge < -0.3 is 9.64 Å². The summed E-state index contributed by atoms with van der Waals surface area (Å²) in [5.41, 5.74) is 0.304. The lowest BCUT2D eigenvalue weighted by Crippen LogP contribution is -2.07. The van der Waals surface area contributed by atoms with E-state index < -0.39 is 5.97 Å². The number of hydrogen-bond acceptors (Lipinski definition) is 3. The van der Waals surface area contributed by atoms with E-state index in [2.05, 4.69) is 11.3 Å². The Balaban J connectivity index is 0. The van der Waals surface area contributed by atoms with Gasteiger partial charge in [-0.2, -0.15) is 0 Å². The third kappa shape index (κ3) is 14.3. The zero-order valence-electron chi connectivity index (χ0n) is 8.76. The summed E-state index contributed by atoms with van der Waals surface area (Å²) in [5, 5.41) is 0. The largest absolute Gasteiger partial charge is 0.463 e. The first kappa shape index (κ1) is 15.0. The average Bonchev–Trinajstić information content (AvgIpc) is 2.02. The number of ether oxygens (including phenoxy) is 1. The quantitative estimate of drug-likeness (QED) is 0.399. The van der Waals surface area contributed by atoms with Gasteiger partial charge in [0.1, 0.15) is 0 Å². The van der Waals surface area contributed by atoms with E-state index in [4.69, 9.17) is 11.6 Å². The number of halogens is 1. The molecule has 0 unspecified atom stereocenters. The molecular formula is C9H18ClNO2. The van der Waals surface area contributed by atoms with Crippen LogP contribution in [0, 0.1) is 0 Å². The molecule has 0 aliphatic rings. The second-order valence-corrected chi connectivity index (χ2v) is 3.07. The molecule has 0 atom stereocenters. The van der Waals surface area contributed by atoms with Crippen LogP contribution < -0.4 is 0 Å². The van der Waals surface area contributed by atoms with E-state index in [9.17, 15) is 4.79 Å². The van der Waals surface area contributed by atoms with Crippen molar-refractivity contribution in [3.8, 4) is 0 Å². The zero-order valence-corrected chi connectivity index (χ0v) is 9.52. The van der Waals surface area contributed by atoms with E-state index in [0.717, 1.165) is 0 Å². The number of rotatable bonds is 3. The molecule has 13 heavy (non-hydrogen) atoms. The molecule has 3 nitrogen and oxygen atoms in total. The van der Waals surface area contributed by atoms with Gasteiger partial charge >= 0.3 is 5.97 Å². The van der Waals surface area contributed by atoms with Crippen molar-refractivity contribution < 1.29 is 9.53 Å². The molecule has 0 aromatic rings. The van der Waals surface area contributed by atoms with Crippen LogP contribution in [0.3, 0.4) is 0 Å². The molecule has 0 aromatic heterocycles. The fourth-order valence-corrected chi connectivity index (χ4v) is 0.397. The van der Waals surface area contributed by atoms with Crippen molar-refractivity contribution in [2.45, 2.75) is 6.92 Å². The Morgan fingerprint density at radius 3 is 2.08 bits per heavy atom. The predicted octanol–water partition coefficient (Wildman–Crippen LogP) is 1.52. The summed E-state index contributed by atoms with van der Waals surface area (Å²) in [7, 11) is 6.00. The molecule has 0 spiro atoms. The van der Waals surface area contributed by atoms with Gasteiger partial charge in [-0.3, -0.25) is 0 Å². The van der Waals surface area contributed by atoms with Crippen LogP contribution in [0.15, 0.2) is 12.2 Å². The molecule has 0 radical (unpaired) electrons. The summed E-state index contributed by atoms with van der Waals surface area (Å²) in [6.07, 6.45) is 0. The summed E-state index contributed by atoms with van der Waals surface area (Å²) in [5.74, 6) is -0.272. The molecule has 4 heteroatoms. The summed E-state index contributed by atoms with van der Waals surface area (Å²) in [6, 6.07) is 0. The molecule has 0 aromatic carbocycles. The molecule has 0 bridgehead atoms. The maximum Gasteiger partial charge on any atom is 0.334 e. The molecule has 0 amide bonds. The highest BCUT2D eigenvalue weighted by molar-refractivity contribution is 6.22. The van der Waals surface area contributed by atoms with E-state index in [1.54, 1.807) is 6.92 Å². The Morgan fingerprint density at radius 1 is 1.46 bits per heavy atom. The van der Waals surface area contributed by atoms with Crippen molar-refractivity contribution in [1.29, 1.82) is 0 Å². The van der Waals surface area contributed by atoms with Crippen LogP contribution in [-0.4, -0.2) is 44.5 Å². The van der Waals surface area contributed by atoms with Crippen molar-refractivity contribution in [3.63, 3.8) is 0 Å². The standard InChI is InChI=1S/C6H9ClO2.C3H9N/c1-3-9-6(8)5(2)4-7;1-4(2)3/h2-4H2,1H3;1-3H3. The number of carbonyl (C=O) groups is 1. The van der Waals surface area contributed by atoms with Crippen molar-refractivity contribution in [1.82, 2.24) is 4.90 Å². The Labute approximate surface area is 85.3 Å². The van der Waals surface area contributed by atoms with Gasteiger partial charge in [-0.15, -0.1) is 11.6 Å². The van der Waals surface area contributed by atoms with Gasteiger partial charge in [-0.25, -0.2) is 4.79 Å². The highest BCUT2D eigenvalue weighted by Gasteiger charge is 2.03. The van der Waals surface area contributed by atoms with Crippen LogP contribution >= 0.6 is 11.6 Å². The van der Waals surface area contributed by atoms with Crippen molar-refractivity contribution in [2.75, 3.05) is 33.6 Å². The number of esters is 1. The summed E-state index contributed by atoms with van der Waals surface area (Å²) >= 11 is 5.28. The van der Waals surface area contributed by atoms with E-state index in [-0.39, 0.29) is 5.88 Å². The maximum atomic E-state index is 10.6. The van der Waals surface area contributed by atoms with Gasteiger partial charge in [0.25, 0.3) is 0 Å². The maximum absolute atomic E-state index is 10.6. The molecule has 78 valence electrons. The van der Waals surface area contributed by atoms with Gasteiger partial charge in [0.2, 0.25) is 0 Å². The molecule has 0 fully saturated rings. The van der Waals surface area contributed by atoms with Gasteiger partial charge in [0.15, 0.2) is 0 Å². The topological polar surface area (TPSA) is 29.5 Å². The fraction of sp³-hybridized carbons (Fsp3) is 0.667. The summed E-state index contributed by atoms with van der Waals surface area (Å²) < 4.78 is 4.57. The second kappa shape index (κ2) is 9.55. The van der Waals surface area contributed by atoms with Gasteiger partial charge in [0, 0.05) is 5.57 Å².